The first-order valence-corrected chi connectivity index (χ1v) is 9.19. The van der Waals surface area contributed by atoms with Crippen molar-refractivity contribution in [2.45, 2.75) is 43.4 Å². The first kappa shape index (κ1) is 22.6. The number of rotatable bonds is 7. The zero-order valence-electron chi connectivity index (χ0n) is 16.5. The number of nitrogens with one attached hydrogen (secondary N) is 2. The predicted molar refractivity (Wildman–Crippen MR) is 104 cm³/mol. The van der Waals surface area contributed by atoms with Gasteiger partial charge in [0.25, 0.3) is 0 Å². The molecule has 3 atom stereocenters. The van der Waals surface area contributed by atoms with Crippen LogP contribution >= 0.6 is 0 Å². The number of hydrogen-bond acceptors (Lipinski definition) is 5. The molecule has 0 aromatic heterocycles. The maximum Gasteiger partial charge on any atom is 0.416 e. The maximum atomic E-state index is 13.0. The van der Waals surface area contributed by atoms with E-state index in [1.165, 1.54) is 12.1 Å². The zero-order valence-corrected chi connectivity index (χ0v) is 16.5. The van der Waals surface area contributed by atoms with E-state index in [1.807, 2.05) is 6.92 Å². The summed E-state index contributed by atoms with van der Waals surface area (Å²) in [7, 11) is 1.67. The third-order valence-corrected chi connectivity index (χ3v) is 5.49. The first-order valence-electron chi connectivity index (χ1n) is 9.19. The third-order valence-electron chi connectivity index (χ3n) is 5.49. The number of halogens is 3. The normalized spacial score (nSPS) is 26.0. The highest BCUT2D eigenvalue weighted by molar-refractivity contribution is 5.87. The average molecular weight is 409 g/mol. The Morgan fingerprint density at radius 3 is 2.48 bits per heavy atom. The van der Waals surface area contributed by atoms with Gasteiger partial charge in [0.1, 0.15) is 0 Å². The second-order valence-corrected chi connectivity index (χ2v) is 7.25. The lowest BCUT2D eigenvalue weighted by atomic mass is 9.67. The highest BCUT2D eigenvalue weighted by Crippen LogP contribution is 2.43. The van der Waals surface area contributed by atoms with Gasteiger partial charge in [0.05, 0.1) is 22.7 Å². The number of hydrogen-bond donors (Lipinski definition) is 3. The highest BCUT2D eigenvalue weighted by Gasteiger charge is 2.49. The van der Waals surface area contributed by atoms with E-state index in [0.29, 0.717) is 24.2 Å². The van der Waals surface area contributed by atoms with Crippen molar-refractivity contribution >= 4 is 5.91 Å². The number of alkyl halides is 3. The molecule has 0 radical (unpaired) electrons. The smallest absolute Gasteiger partial charge is 0.392 e. The summed E-state index contributed by atoms with van der Waals surface area (Å²) in [6, 6.07) is 3.99. The van der Waals surface area contributed by atoms with Gasteiger partial charge < -0.3 is 11.1 Å². The first-order chi connectivity index (χ1) is 13.6. The van der Waals surface area contributed by atoms with E-state index in [1.54, 1.807) is 19.3 Å². The molecule has 0 saturated carbocycles. The van der Waals surface area contributed by atoms with Crippen LogP contribution in [0.5, 0.6) is 0 Å². The van der Waals surface area contributed by atoms with Crippen LogP contribution in [0.4, 0.5) is 13.2 Å². The quantitative estimate of drug-likeness (QED) is 0.475. The molecule has 1 aliphatic rings. The van der Waals surface area contributed by atoms with Crippen molar-refractivity contribution in [3.05, 3.63) is 59.9 Å². The summed E-state index contributed by atoms with van der Waals surface area (Å²) in [6.07, 6.45) is -0.636. The van der Waals surface area contributed by atoms with Crippen LogP contribution in [0, 0.1) is 5.53 Å². The van der Waals surface area contributed by atoms with Gasteiger partial charge in [-0.2, -0.15) is 18.3 Å². The molecule has 9 heteroatoms. The van der Waals surface area contributed by atoms with Gasteiger partial charge in [-0.15, -0.1) is 6.58 Å². The molecule has 2 rings (SSSR count). The molecular weight excluding hydrogens is 383 g/mol. The van der Waals surface area contributed by atoms with Gasteiger partial charge >= 0.3 is 6.18 Å². The second kappa shape index (κ2) is 8.77. The van der Waals surface area contributed by atoms with Crippen LogP contribution in [-0.2, 0) is 16.4 Å². The summed E-state index contributed by atoms with van der Waals surface area (Å²) >= 11 is 0. The van der Waals surface area contributed by atoms with Crippen molar-refractivity contribution < 1.29 is 18.0 Å². The number of carbonyl (C=O) groups excluding carboxylic acids is 1. The molecular formula is C20H26F3N5O. The van der Waals surface area contributed by atoms with E-state index in [0.717, 1.165) is 12.1 Å². The Morgan fingerprint density at radius 2 is 2.03 bits per heavy atom. The lowest BCUT2D eigenvalue weighted by Crippen LogP contribution is -2.58. The molecule has 0 unspecified atom stereocenters. The van der Waals surface area contributed by atoms with Crippen LogP contribution in [0.3, 0.4) is 0 Å². The molecule has 0 spiro atoms. The van der Waals surface area contributed by atoms with Crippen molar-refractivity contribution in [2.24, 2.45) is 10.8 Å². The number of amides is 1. The molecule has 1 fully saturated rings. The van der Waals surface area contributed by atoms with E-state index in [4.69, 9.17) is 11.3 Å². The standard InChI is InChI=1S/C20H26F3N5O/c1-4-9-28-13(2)10-19(18(24)29,11-17(28)16(27-25)12-26-3)14-5-7-15(8-6-14)20(21,22)23/h4-8,12-13,17,25-26H,1,9-11H2,2-3H3,(H2,24,29)/b16-12-,27-25?/t13-,17-,19-/m0/s1. The van der Waals surface area contributed by atoms with Crippen LogP contribution in [0.25, 0.3) is 0 Å². The largest absolute Gasteiger partial charge is 0.416 e. The minimum Gasteiger partial charge on any atom is -0.392 e. The fraction of sp³-hybridized carbons (Fsp3) is 0.450. The van der Waals surface area contributed by atoms with Crippen molar-refractivity contribution in [1.29, 1.82) is 5.53 Å². The van der Waals surface area contributed by atoms with Gasteiger partial charge in [-0.25, -0.2) is 5.53 Å². The van der Waals surface area contributed by atoms with E-state index in [-0.39, 0.29) is 12.5 Å². The van der Waals surface area contributed by atoms with Crippen molar-refractivity contribution in [2.75, 3.05) is 13.6 Å². The Morgan fingerprint density at radius 1 is 1.41 bits per heavy atom. The molecule has 1 aromatic rings. The summed E-state index contributed by atoms with van der Waals surface area (Å²) < 4.78 is 38.9. The number of likely N-dealkylation sites (tertiary alicyclic amines) is 1. The summed E-state index contributed by atoms with van der Waals surface area (Å²) in [4.78, 5) is 14.7. The van der Waals surface area contributed by atoms with Crippen LogP contribution in [0.15, 0.2) is 53.9 Å². The van der Waals surface area contributed by atoms with Crippen molar-refractivity contribution in [1.82, 2.24) is 10.2 Å². The summed E-state index contributed by atoms with van der Waals surface area (Å²) in [5.74, 6) is -0.610. The van der Waals surface area contributed by atoms with Gasteiger partial charge in [0.2, 0.25) is 5.91 Å². The minimum absolute atomic E-state index is 0.149. The fourth-order valence-corrected chi connectivity index (χ4v) is 4.10. The second-order valence-electron chi connectivity index (χ2n) is 7.25. The Hall–Kier alpha value is -2.68. The topological polar surface area (TPSA) is 94.6 Å². The molecule has 1 heterocycles. The maximum absolute atomic E-state index is 13.0. The summed E-state index contributed by atoms with van der Waals surface area (Å²) in [6.45, 7) is 6.18. The highest BCUT2D eigenvalue weighted by atomic mass is 19.4. The SMILES string of the molecule is C=CCN1[C@@H](C)C[C@@](C(N)=O)(c2ccc(C(F)(F)F)cc2)C[C@H]1/C(=C/NC)N=N. The van der Waals surface area contributed by atoms with Crippen LogP contribution in [-0.4, -0.2) is 36.5 Å². The molecule has 4 N–H and O–H groups in total. The van der Waals surface area contributed by atoms with Crippen LogP contribution in [0.2, 0.25) is 0 Å². The van der Waals surface area contributed by atoms with Crippen molar-refractivity contribution in [3.8, 4) is 0 Å². The summed E-state index contributed by atoms with van der Waals surface area (Å²) in [5, 5.41) is 6.45. The van der Waals surface area contributed by atoms with Gasteiger partial charge in [0.15, 0.2) is 0 Å². The van der Waals surface area contributed by atoms with E-state index < -0.39 is 29.1 Å². The lowest BCUT2D eigenvalue weighted by Gasteiger charge is -2.48. The van der Waals surface area contributed by atoms with Gasteiger partial charge in [-0.3, -0.25) is 9.69 Å². The molecule has 0 aliphatic carbocycles. The third kappa shape index (κ3) is 4.50. The van der Waals surface area contributed by atoms with Crippen molar-refractivity contribution in [3.63, 3.8) is 0 Å². The molecule has 29 heavy (non-hydrogen) atoms. The number of carbonyl (C=O) groups is 1. The Balaban J connectivity index is 2.56. The van der Waals surface area contributed by atoms with Gasteiger partial charge in [0, 0.05) is 25.8 Å². The Bertz CT molecular complexity index is 790. The van der Waals surface area contributed by atoms with E-state index in [2.05, 4.69) is 21.9 Å². The molecule has 1 aliphatic heterocycles. The molecule has 1 aromatic carbocycles. The van der Waals surface area contributed by atoms with E-state index in [9.17, 15) is 18.0 Å². The predicted octanol–water partition coefficient (Wildman–Crippen LogP) is 3.56. The van der Waals surface area contributed by atoms with E-state index >= 15 is 0 Å². The van der Waals surface area contributed by atoms with Gasteiger partial charge in [-0.1, -0.05) is 18.2 Å². The molecule has 6 nitrogen and oxygen atoms in total. The Labute approximate surface area is 168 Å². The summed E-state index contributed by atoms with van der Waals surface area (Å²) in [5.41, 5.74) is 12.2. The number of nitrogens with two attached hydrogens (primary N) is 1. The van der Waals surface area contributed by atoms with Crippen LogP contribution < -0.4 is 11.1 Å². The average Bonchev–Trinajstić information content (AvgIpc) is 2.67. The lowest BCUT2D eigenvalue weighted by molar-refractivity contribution is -0.137. The molecule has 0 bridgehead atoms. The van der Waals surface area contributed by atoms with Gasteiger partial charge in [-0.05, 0) is 37.5 Å². The molecule has 1 amide bonds. The van der Waals surface area contributed by atoms with Crippen LogP contribution in [0.1, 0.15) is 30.9 Å². The molecule has 1 saturated heterocycles. The number of benzene rings is 1. The minimum atomic E-state index is -4.46. The number of piperidine rings is 1. The fourth-order valence-electron chi connectivity index (χ4n) is 4.10. The number of primary amides is 1. The number of nitrogens with zero attached hydrogens (tertiary/aromatic N) is 2. The Kier molecular flexibility index (Phi) is 6.84. The monoisotopic (exact) mass is 409 g/mol. The molecule has 158 valence electrons. The zero-order chi connectivity index (χ0) is 21.8.